The Kier molecular flexibility index (Phi) is 14.1. The smallest absolute Gasteiger partial charge is 0.326 e. The third-order valence-electron chi connectivity index (χ3n) is 6.57. The van der Waals surface area contributed by atoms with Crippen LogP contribution in [0.5, 0.6) is 0 Å². The number of hydrogen-bond acceptors (Lipinski definition) is 8. The maximum atomic E-state index is 13.3. The molecule has 2 aromatic rings. The number of carbonyl (C=O) groups is 5. The van der Waals surface area contributed by atoms with Crippen LogP contribution >= 0.6 is 11.8 Å². The fraction of sp³-hybridized carbons (Fsp3) is 0.519. The first-order valence-corrected chi connectivity index (χ1v) is 14.9. The summed E-state index contributed by atoms with van der Waals surface area (Å²) >= 11 is 1.44. The van der Waals surface area contributed by atoms with E-state index in [4.69, 9.17) is 17.2 Å². The van der Waals surface area contributed by atoms with E-state index in [0.717, 1.165) is 16.5 Å². The van der Waals surface area contributed by atoms with Crippen molar-refractivity contribution in [2.45, 2.75) is 69.1 Å². The van der Waals surface area contributed by atoms with Crippen molar-refractivity contribution in [3.63, 3.8) is 0 Å². The molecule has 11 N–H and O–H groups in total. The van der Waals surface area contributed by atoms with Gasteiger partial charge in [0.15, 0.2) is 0 Å². The summed E-state index contributed by atoms with van der Waals surface area (Å²) < 4.78 is 0. The molecule has 0 aliphatic carbocycles. The van der Waals surface area contributed by atoms with Crippen molar-refractivity contribution in [3.05, 3.63) is 36.0 Å². The summed E-state index contributed by atoms with van der Waals surface area (Å²) in [5, 5.41) is 18.1. The summed E-state index contributed by atoms with van der Waals surface area (Å²) in [5.74, 6) is -3.36. The molecule has 0 aliphatic heterocycles. The average molecular weight is 592 g/mol. The highest BCUT2D eigenvalue weighted by atomic mass is 32.2. The van der Waals surface area contributed by atoms with Crippen LogP contribution in [0.1, 0.15) is 44.1 Å². The number of carboxylic acid groups (broad SMARTS) is 1. The zero-order valence-corrected chi connectivity index (χ0v) is 24.0. The molecule has 0 spiro atoms. The molecule has 0 bridgehead atoms. The number of thioether (sulfide) groups is 1. The van der Waals surface area contributed by atoms with Crippen molar-refractivity contribution >= 4 is 52.3 Å². The Morgan fingerprint density at radius 2 is 1.56 bits per heavy atom. The highest BCUT2D eigenvalue weighted by Gasteiger charge is 2.30. The zero-order valence-electron chi connectivity index (χ0n) is 23.2. The van der Waals surface area contributed by atoms with Gasteiger partial charge in [-0.2, -0.15) is 11.8 Å². The van der Waals surface area contributed by atoms with Crippen LogP contribution in [0.4, 0.5) is 0 Å². The number of carbonyl (C=O) groups excluding carboxylic acids is 4. The van der Waals surface area contributed by atoms with Crippen LogP contribution in [-0.4, -0.2) is 82.4 Å². The predicted molar refractivity (Wildman–Crippen MR) is 158 cm³/mol. The maximum Gasteiger partial charge on any atom is 0.326 e. The van der Waals surface area contributed by atoms with Crippen LogP contribution in [0.2, 0.25) is 0 Å². The predicted octanol–water partition coefficient (Wildman–Crippen LogP) is -0.276. The minimum absolute atomic E-state index is 0.111. The lowest BCUT2D eigenvalue weighted by Gasteiger charge is -2.25. The number of fused-ring (bicyclic) bond motifs is 1. The molecule has 4 atom stereocenters. The molecule has 1 aromatic carbocycles. The van der Waals surface area contributed by atoms with Gasteiger partial charge in [-0.05, 0) is 68.7 Å². The molecule has 0 saturated heterocycles. The second-order valence-electron chi connectivity index (χ2n) is 9.76. The quantitative estimate of drug-likeness (QED) is 0.100. The lowest BCUT2D eigenvalue weighted by atomic mass is 10.0. The third-order valence-corrected chi connectivity index (χ3v) is 7.21. The average Bonchev–Trinajstić information content (AvgIpc) is 3.34. The van der Waals surface area contributed by atoms with E-state index in [2.05, 4.69) is 20.9 Å². The molecule has 4 unspecified atom stereocenters. The minimum atomic E-state index is -1.20. The first kappa shape index (κ1) is 33.6. The number of amides is 4. The van der Waals surface area contributed by atoms with Gasteiger partial charge in [0.2, 0.25) is 23.6 Å². The molecular formula is C27H41N7O6S. The Morgan fingerprint density at radius 1 is 0.927 bits per heavy atom. The number of nitrogens with one attached hydrogen (secondary N) is 4. The third kappa shape index (κ3) is 11.1. The highest BCUT2D eigenvalue weighted by molar-refractivity contribution is 7.98. The van der Waals surface area contributed by atoms with Gasteiger partial charge in [0.1, 0.15) is 18.1 Å². The molecular weight excluding hydrogens is 550 g/mol. The molecule has 13 nitrogen and oxygen atoms in total. The Hall–Kier alpha value is -3.62. The number of hydrogen-bond donors (Lipinski definition) is 8. The SMILES string of the molecule is CSCCC(NC(=O)C(CCC(N)=O)NC(=O)C(N)Cc1c[nH]c2ccccc12)C(=O)NC(CCCCN)C(=O)O. The number of H-pyrrole nitrogens is 1. The number of aromatic amines is 1. The fourth-order valence-electron chi connectivity index (χ4n) is 4.26. The van der Waals surface area contributed by atoms with E-state index in [1.807, 2.05) is 30.5 Å². The molecule has 1 heterocycles. The number of primary amides is 1. The van der Waals surface area contributed by atoms with Gasteiger partial charge in [-0.1, -0.05) is 18.2 Å². The van der Waals surface area contributed by atoms with Crippen LogP contribution in [0, 0.1) is 0 Å². The Bertz CT molecular complexity index is 1190. The molecule has 4 amide bonds. The number of unbranched alkanes of at least 4 members (excludes halogenated alkanes) is 1. The molecule has 0 saturated carbocycles. The first-order valence-electron chi connectivity index (χ1n) is 13.5. The van der Waals surface area contributed by atoms with Crippen molar-refractivity contribution < 1.29 is 29.1 Å². The van der Waals surface area contributed by atoms with Crippen LogP contribution < -0.4 is 33.2 Å². The summed E-state index contributed by atoms with van der Waals surface area (Å²) in [7, 11) is 0. The Balaban J connectivity index is 2.12. The summed E-state index contributed by atoms with van der Waals surface area (Å²) in [4.78, 5) is 65.6. The van der Waals surface area contributed by atoms with Gasteiger partial charge >= 0.3 is 5.97 Å². The molecule has 14 heteroatoms. The van der Waals surface area contributed by atoms with Gasteiger partial charge in [0, 0.05) is 23.5 Å². The van der Waals surface area contributed by atoms with Crippen molar-refractivity contribution in [3.8, 4) is 0 Å². The van der Waals surface area contributed by atoms with Gasteiger partial charge in [0.05, 0.1) is 6.04 Å². The van der Waals surface area contributed by atoms with Gasteiger partial charge < -0.3 is 43.2 Å². The number of aliphatic carboxylic acids is 1. The Morgan fingerprint density at radius 3 is 2.20 bits per heavy atom. The van der Waals surface area contributed by atoms with Crippen LogP contribution in [0.25, 0.3) is 10.9 Å². The number of nitrogens with two attached hydrogens (primary N) is 3. The standard InChI is InChI=1S/C27H41N7O6S/c1-41-13-11-21(26(38)34-22(27(39)40)8-4-5-12-28)33-25(37)20(9-10-23(30)35)32-24(36)18(29)14-16-15-31-19-7-3-2-6-17(16)19/h2-3,6-7,15,18,20-22,31H,4-5,8-14,28-29H2,1H3,(H2,30,35)(H,32,36)(H,33,37)(H,34,38)(H,39,40). The Labute approximate surface area is 243 Å². The summed E-state index contributed by atoms with van der Waals surface area (Å²) in [5.41, 5.74) is 18.7. The number of aromatic nitrogens is 1. The highest BCUT2D eigenvalue weighted by Crippen LogP contribution is 2.19. The lowest BCUT2D eigenvalue weighted by Crippen LogP contribution is -2.57. The molecule has 226 valence electrons. The van der Waals surface area contributed by atoms with E-state index < -0.39 is 53.8 Å². The number of benzene rings is 1. The van der Waals surface area contributed by atoms with Crippen LogP contribution in [-0.2, 0) is 30.4 Å². The van der Waals surface area contributed by atoms with E-state index in [9.17, 15) is 29.1 Å². The zero-order chi connectivity index (χ0) is 30.4. The van der Waals surface area contributed by atoms with Crippen molar-refractivity contribution in [2.75, 3.05) is 18.6 Å². The van der Waals surface area contributed by atoms with E-state index >= 15 is 0 Å². The van der Waals surface area contributed by atoms with Gasteiger partial charge in [0.25, 0.3) is 0 Å². The van der Waals surface area contributed by atoms with Gasteiger partial charge in [-0.25, -0.2) is 4.79 Å². The van der Waals surface area contributed by atoms with Crippen LogP contribution in [0.15, 0.2) is 30.5 Å². The largest absolute Gasteiger partial charge is 0.480 e. The number of carboxylic acids is 1. The van der Waals surface area contributed by atoms with Crippen LogP contribution in [0.3, 0.4) is 0 Å². The second-order valence-corrected chi connectivity index (χ2v) is 10.7. The van der Waals surface area contributed by atoms with Gasteiger partial charge in [-0.15, -0.1) is 0 Å². The maximum absolute atomic E-state index is 13.3. The monoisotopic (exact) mass is 591 g/mol. The molecule has 1 aromatic heterocycles. The van der Waals surface area contributed by atoms with E-state index in [0.29, 0.717) is 25.1 Å². The van der Waals surface area contributed by atoms with Crippen molar-refractivity contribution in [2.24, 2.45) is 17.2 Å². The summed E-state index contributed by atoms with van der Waals surface area (Å²) in [6.45, 7) is 0.399. The number of rotatable bonds is 19. The molecule has 2 rings (SSSR count). The molecule has 0 aliphatic rings. The summed E-state index contributed by atoms with van der Waals surface area (Å²) in [6, 6.07) is 3.14. The first-order chi connectivity index (χ1) is 19.6. The van der Waals surface area contributed by atoms with E-state index in [1.165, 1.54) is 11.8 Å². The lowest BCUT2D eigenvalue weighted by molar-refractivity contribution is -0.142. The molecule has 41 heavy (non-hydrogen) atoms. The number of para-hydroxylation sites is 1. The van der Waals surface area contributed by atoms with Gasteiger partial charge in [-0.3, -0.25) is 19.2 Å². The van der Waals surface area contributed by atoms with E-state index in [1.54, 1.807) is 6.20 Å². The normalized spacial score (nSPS) is 14.0. The van der Waals surface area contributed by atoms with Crippen molar-refractivity contribution in [1.82, 2.24) is 20.9 Å². The minimum Gasteiger partial charge on any atom is -0.480 e. The topological polar surface area (TPSA) is 236 Å². The molecule has 0 fully saturated rings. The molecule has 0 radical (unpaired) electrons. The fourth-order valence-corrected chi connectivity index (χ4v) is 4.74. The summed E-state index contributed by atoms with van der Waals surface area (Å²) in [6.07, 6.45) is 5.00. The second kappa shape index (κ2) is 17.3. The van der Waals surface area contributed by atoms with E-state index in [-0.39, 0.29) is 32.1 Å². The van der Waals surface area contributed by atoms with Crippen molar-refractivity contribution in [1.29, 1.82) is 0 Å².